The van der Waals surface area contributed by atoms with Gasteiger partial charge in [0.25, 0.3) is 0 Å². The molecule has 3 heterocycles. The lowest BCUT2D eigenvalue weighted by molar-refractivity contribution is -0.193. The Morgan fingerprint density at radius 2 is 1.43 bits per heavy atom. The third-order valence-corrected chi connectivity index (χ3v) is 4.83. The topological polar surface area (TPSA) is 119 Å². The van der Waals surface area contributed by atoms with Crippen LogP contribution in [0.3, 0.4) is 0 Å². The predicted octanol–water partition coefficient (Wildman–Crippen LogP) is 5.25. The van der Waals surface area contributed by atoms with Gasteiger partial charge >= 0.3 is 24.3 Å². The number of halogens is 7. The number of aliphatic carboxylic acids is 2. The number of nitrogens with one attached hydrogen (secondary N) is 1. The number of anilines is 1. The van der Waals surface area contributed by atoms with E-state index in [1.165, 1.54) is 31.6 Å². The number of carboxylic acid groups (broad SMARTS) is 2. The fraction of sp³-hybridized carbons (Fsp3) is 0.300. The molecule has 8 nitrogen and oxygen atoms in total. The lowest BCUT2D eigenvalue weighted by Gasteiger charge is -2.17. The van der Waals surface area contributed by atoms with Gasteiger partial charge < -0.3 is 20.1 Å². The summed E-state index contributed by atoms with van der Waals surface area (Å²) in [5.41, 5.74) is 4.08. The molecule has 0 aliphatic carbocycles. The molecule has 0 spiro atoms. The maximum Gasteiger partial charge on any atom is 0.490 e. The van der Waals surface area contributed by atoms with Crippen LogP contribution in [0.25, 0.3) is 22.6 Å². The number of aromatic nitrogens is 3. The van der Waals surface area contributed by atoms with Gasteiger partial charge in [0.1, 0.15) is 5.82 Å². The third kappa shape index (κ3) is 8.42. The summed E-state index contributed by atoms with van der Waals surface area (Å²) in [6.07, 6.45) is -5.80. The second kappa shape index (κ2) is 11.4. The van der Waals surface area contributed by atoms with Crippen molar-refractivity contribution in [2.75, 3.05) is 18.0 Å². The minimum Gasteiger partial charge on any atom is -0.475 e. The summed E-state index contributed by atoms with van der Waals surface area (Å²) in [6.45, 7) is 2.34. The highest BCUT2D eigenvalue weighted by Gasteiger charge is 2.38. The van der Waals surface area contributed by atoms with Crippen LogP contribution in [0.1, 0.15) is 12.8 Å². The van der Waals surface area contributed by atoms with Crippen molar-refractivity contribution in [2.45, 2.75) is 25.2 Å². The number of imidazole rings is 1. The van der Waals surface area contributed by atoms with Crippen LogP contribution in [0.2, 0.25) is 0 Å². The van der Waals surface area contributed by atoms with Gasteiger partial charge in [0, 0.05) is 35.0 Å². The quantitative estimate of drug-likeness (QED) is 0.360. The molecule has 35 heavy (non-hydrogen) atoms. The minimum atomic E-state index is -5.08. The zero-order valence-corrected chi connectivity index (χ0v) is 19.1. The standard InChI is InChI=1S/C16H15BrN4.2C2HF3O2/c17-12-9-14-16(18-10-12)20-15(19-14)11-3-5-13(6-4-11)21-7-1-2-8-21;2*3-2(4,5)1(6)7/h3-6,9-10H,1-2,7-8H2,(H,18,19,20);2*(H,6,7). The van der Waals surface area contributed by atoms with Crippen molar-refractivity contribution >= 4 is 44.7 Å². The average Bonchev–Trinajstić information content (AvgIpc) is 3.43. The fourth-order valence-electron chi connectivity index (χ4n) is 2.82. The molecule has 1 saturated heterocycles. The van der Waals surface area contributed by atoms with E-state index in [-0.39, 0.29) is 0 Å². The van der Waals surface area contributed by atoms with Gasteiger partial charge in [-0.2, -0.15) is 26.3 Å². The minimum absolute atomic E-state index is 0.747. The van der Waals surface area contributed by atoms with E-state index in [2.05, 4.69) is 60.0 Å². The largest absolute Gasteiger partial charge is 0.490 e. The highest BCUT2D eigenvalue weighted by molar-refractivity contribution is 9.10. The smallest absolute Gasteiger partial charge is 0.475 e. The molecule has 0 amide bonds. The van der Waals surface area contributed by atoms with Crippen molar-refractivity contribution in [3.05, 3.63) is 41.0 Å². The molecule has 0 saturated carbocycles. The summed E-state index contributed by atoms with van der Waals surface area (Å²) < 4.78 is 64.4. The van der Waals surface area contributed by atoms with E-state index < -0.39 is 24.3 Å². The van der Waals surface area contributed by atoms with Crippen molar-refractivity contribution in [3.63, 3.8) is 0 Å². The molecule has 2 aromatic heterocycles. The number of alkyl halides is 6. The van der Waals surface area contributed by atoms with E-state index in [4.69, 9.17) is 19.8 Å². The zero-order chi connectivity index (χ0) is 26.4. The van der Waals surface area contributed by atoms with Crippen LogP contribution in [0, 0.1) is 0 Å². The molecule has 1 fully saturated rings. The van der Waals surface area contributed by atoms with Gasteiger partial charge in [-0.1, -0.05) is 0 Å². The first kappa shape index (κ1) is 27.9. The Bertz CT molecular complexity index is 1140. The summed E-state index contributed by atoms with van der Waals surface area (Å²) >= 11 is 3.43. The molecule has 190 valence electrons. The van der Waals surface area contributed by atoms with Gasteiger partial charge in [-0.05, 0) is 59.1 Å². The Labute approximate surface area is 201 Å². The number of pyridine rings is 1. The van der Waals surface area contributed by atoms with Crippen LogP contribution in [0.5, 0.6) is 0 Å². The molecule has 15 heteroatoms. The molecular formula is C20H17BrF6N4O4. The van der Waals surface area contributed by atoms with E-state index >= 15 is 0 Å². The molecule has 0 unspecified atom stereocenters. The highest BCUT2D eigenvalue weighted by Crippen LogP contribution is 2.25. The van der Waals surface area contributed by atoms with Gasteiger partial charge in [-0.25, -0.2) is 19.6 Å². The molecule has 4 rings (SSSR count). The number of benzene rings is 1. The second-order valence-corrected chi connectivity index (χ2v) is 7.87. The Hall–Kier alpha value is -3.36. The van der Waals surface area contributed by atoms with Crippen molar-refractivity contribution in [1.29, 1.82) is 0 Å². The SMILES string of the molecule is Brc1cnc2nc(-c3ccc(N4CCCC4)cc3)[nH]c2c1.O=C(O)C(F)(F)F.O=C(O)C(F)(F)F. The highest BCUT2D eigenvalue weighted by atomic mass is 79.9. The molecule has 0 atom stereocenters. The van der Waals surface area contributed by atoms with Gasteiger partial charge in [0.05, 0.1) is 5.52 Å². The maximum absolute atomic E-state index is 10.6. The molecular weight excluding hydrogens is 554 g/mol. The van der Waals surface area contributed by atoms with Crippen LogP contribution in [0.4, 0.5) is 32.0 Å². The maximum atomic E-state index is 10.6. The van der Waals surface area contributed by atoms with Gasteiger partial charge in [0.15, 0.2) is 5.65 Å². The van der Waals surface area contributed by atoms with Gasteiger partial charge in [-0.15, -0.1) is 0 Å². The summed E-state index contributed by atoms with van der Waals surface area (Å²) in [4.78, 5) is 32.4. The van der Waals surface area contributed by atoms with Crippen LogP contribution in [0.15, 0.2) is 41.0 Å². The summed E-state index contributed by atoms with van der Waals surface area (Å²) in [7, 11) is 0. The fourth-order valence-corrected chi connectivity index (χ4v) is 3.15. The van der Waals surface area contributed by atoms with Crippen LogP contribution < -0.4 is 4.90 Å². The van der Waals surface area contributed by atoms with E-state index in [0.717, 1.165) is 27.0 Å². The number of fused-ring (bicyclic) bond motifs is 1. The Balaban J connectivity index is 0.000000257. The van der Waals surface area contributed by atoms with Crippen LogP contribution in [-0.2, 0) is 9.59 Å². The molecule has 1 aliphatic rings. The number of hydrogen-bond donors (Lipinski definition) is 3. The molecule has 0 radical (unpaired) electrons. The Morgan fingerprint density at radius 3 is 1.89 bits per heavy atom. The normalized spacial score (nSPS) is 13.5. The zero-order valence-electron chi connectivity index (χ0n) is 17.5. The Morgan fingerprint density at radius 1 is 0.943 bits per heavy atom. The van der Waals surface area contributed by atoms with Crippen molar-refractivity contribution in [1.82, 2.24) is 15.0 Å². The first-order valence-corrected chi connectivity index (χ1v) is 10.4. The summed E-state index contributed by atoms with van der Waals surface area (Å²) in [5, 5.41) is 14.2. The third-order valence-electron chi connectivity index (χ3n) is 4.40. The van der Waals surface area contributed by atoms with Gasteiger partial charge in [-0.3, -0.25) is 0 Å². The number of H-pyrrole nitrogens is 1. The predicted molar refractivity (Wildman–Crippen MR) is 116 cm³/mol. The number of aromatic amines is 1. The van der Waals surface area contributed by atoms with Crippen molar-refractivity contribution in [3.8, 4) is 11.4 Å². The lowest BCUT2D eigenvalue weighted by atomic mass is 10.2. The molecule has 0 bridgehead atoms. The average molecular weight is 571 g/mol. The van der Waals surface area contributed by atoms with Crippen LogP contribution >= 0.6 is 15.9 Å². The number of carbonyl (C=O) groups is 2. The monoisotopic (exact) mass is 570 g/mol. The number of nitrogens with zero attached hydrogens (tertiary/aromatic N) is 3. The number of rotatable bonds is 2. The first-order chi connectivity index (χ1) is 16.2. The van der Waals surface area contributed by atoms with E-state index in [1.54, 1.807) is 6.20 Å². The van der Waals surface area contributed by atoms with Crippen molar-refractivity contribution < 1.29 is 46.1 Å². The summed E-state index contributed by atoms with van der Waals surface area (Å²) in [5.74, 6) is -4.65. The van der Waals surface area contributed by atoms with Crippen LogP contribution in [-0.4, -0.2) is 62.5 Å². The van der Waals surface area contributed by atoms with E-state index in [0.29, 0.717) is 0 Å². The van der Waals surface area contributed by atoms with E-state index in [1.807, 2.05) is 6.07 Å². The number of hydrogen-bond acceptors (Lipinski definition) is 5. The van der Waals surface area contributed by atoms with Gasteiger partial charge in [0.2, 0.25) is 0 Å². The number of carboxylic acids is 2. The molecule has 3 aromatic rings. The second-order valence-electron chi connectivity index (χ2n) is 6.96. The summed E-state index contributed by atoms with van der Waals surface area (Å²) in [6, 6.07) is 10.6. The van der Waals surface area contributed by atoms with E-state index in [9.17, 15) is 26.3 Å². The van der Waals surface area contributed by atoms with Crippen molar-refractivity contribution in [2.24, 2.45) is 0 Å². The molecule has 3 N–H and O–H groups in total. The Kier molecular flexibility index (Phi) is 9.06. The molecule has 1 aromatic carbocycles. The first-order valence-electron chi connectivity index (χ1n) is 9.65. The lowest BCUT2D eigenvalue weighted by Crippen LogP contribution is -2.21. The molecule has 1 aliphatic heterocycles.